The zero-order chi connectivity index (χ0) is 11.7. The van der Waals surface area contributed by atoms with Crippen molar-refractivity contribution in [3.63, 3.8) is 0 Å². The first-order valence-corrected chi connectivity index (χ1v) is 4.98. The lowest BCUT2D eigenvalue weighted by Crippen LogP contribution is -2.41. The summed E-state index contributed by atoms with van der Waals surface area (Å²) in [6.07, 6.45) is 3.83. The van der Waals surface area contributed by atoms with Gasteiger partial charge in [-0.05, 0) is 19.3 Å². The molecule has 0 aromatic carbocycles. The Hall–Kier alpha value is -1.23. The summed E-state index contributed by atoms with van der Waals surface area (Å²) in [6.45, 7) is 0. The van der Waals surface area contributed by atoms with Crippen LogP contribution in [0.1, 0.15) is 38.5 Å². The molecular weight excluding hydrogens is 196 g/mol. The van der Waals surface area contributed by atoms with Gasteiger partial charge in [0.1, 0.15) is 12.6 Å². The molecule has 0 aliphatic carbocycles. The van der Waals surface area contributed by atoms with Crippen LogP contribution in [0.25, 0.3) is 0 Å². The van der Waals surface area contributed by atoms with Crippen LogP contribution >= 0.6 is 0 Å². The van der Waals surface area contributed by atoms with Gasteiger partial charge >= 0.3 is 0 Å². The molecule has 0 spiro atoms. The Labute approximate surface area is 89.2 Å². The lowest BCUT2D eigenvalue weighted by Gasteiger charge is -2.27. The Morgan fingerprint density at radius 3 is 1.87 bits per heavy atom. The number of amides is 1. The van der Waals surface area contributed by atoms with Crippen LogP contribution in [0.4, 0.5) is 0 Å². The van der Waals surface area contributed by atoms with Crippen LogP contribution in [0.2, 0.25) is 0 Å². The summed E-state index contributed by atoms with van der Waals surface area (Å²) in [7, 11) is 0. The van der Waals surface area contributed by atoms with Crippen molar-refractivity contribution in [1.29, 1.82) is 0 Å². The van der Waals surface area contributed by atoms with E-state index in [1.807, 2.05) is 0 Å². The summed E-state index contributed by atoms with van der Waals surface area (Å²) >= 11 is 0. The third-order valence-electron chi connectivity index (χ3n) is 2.39. The van der Waals surface area contributed by atoms with Gasteiger partial charge in [0.2, 0.25) is 5.91 Å². The second-order valence-electron chi connectivity index (χ2n) is 3.74. The molecule has 0 radical (unpaired) electrons. The van der Waals surface area contributed by atoms with Crippen molar-refractivity contribution in [2.24, 2.45) is 11.5 Å². The van der Waals surface area contributed by atoms with E-state index in [0.29, 0.717) is 32.1 Å². The molecule has 1 amide bonds. The number of carbonyl (C=O) groups excluding carboxylic acids is 3. The number of carbonyl (C=O) groups is 3. The summed E-state index contributed by atoms with van der Waals surface area (Å²) in [5, 5.41) is 0. The average Bonchev–Trinajstić information content (AvgIpc) is 2.21. The summed E-state index contributed by atoms with van der Waals surface area (Å²) in [5.74, 6) is -0.415. The number of nitrogens with two attached hydrogens (primary N) is 2. The molecule has 0 saturated heterocycles. The van der Waals surface area contributed by atoms with Gasteiger partial charge in [-0.1, -0.05) is 0 Å². The Kier molecular flexibility index (Phi) is 6.53. The number of primary amides is 1. The second kappa shape index (κ2) is 7.11. The highest BCUT2D eigenvalue weighted by atomic mass is 16.1. The fraction of sp³-hybridized carbons (Fsp3) is 0.700. The summed E-state index contributed by atoms with van der Waals surface area (Å²) in [6, 6.07) is 0. The number of rotatable bonds is 9. The van der Waals surface area contributed by atoms with Crippen molar-refractivity contribution < 1.29 is 14.4 Å². The van der Waals surface area contributed by atoms with Gasteiger partial charge < -0.3 is 21.1 Å². The van der Waals surface area contributed by atoms with Crippen molar-refractivity contribution >= 4 is 18.5 Å². The Bertz CT molecular complexity index is 217. The minimum Gasteiger partial charge on any atom is -0.370 e. The van der Waals surface area contributed by atoms with E-state index in [1.165, 1.54) is 0 Å². The maximum Gasteiger partial charge on any atom is 0.217 e. The largest absolute Gasteiger partial charge is 0.370 e. The van der Waals surface area contributed by atoms with Gasteiger partial charge in [0.25, 0.3) is 0 Å². The zero-order valence-electron chi connectivity index (χ0n) is 8.78. The average molecular weight is 214 g/mol. The lowest BCUT2D eigenvalue weighted by atomic mass is 9.85. The maximum atomic E-state index is 10.6. The minimum absolute atomic E-state index is 0.189. The molecule has 0 heterocycles. The van der Waals surface area contributed by atoms with Gasteiger partial charge in [0, 0.05) is 24.8 Å². The van der Waals surface area contributed by atoms with E-state index in [2.05, 4.69) is 0 Å². The topological polar surface area (TPSA) is 103 Å². The fourth-order valence-corrected chi connectivity index (χ4v) is 1.44. The van der Waals surface area contributed by atoms with Gasteiger partial charge in [-0.15, -0.1) is 0 Å². The van der Waals surface area contributed by atoms with Gasteiger partial charge in [-0.3, -0.25) is 4.79 Å². The highest BCUT2D eigenvalue weighted by Crippen LogP contribution is 2.21. The molecule has 5 nitrogen and oxygen atoms in total. The highest BCUT2D eigenvalue weighted by molar-refractivity contribution is 5.73. The number of hydrogen-bond donors (Lipinski definition) is 2. The molecule has 0 aromatic heterocycles. The molecule has 0 aliphatic heterocycles. The summed E-state index contributed by atoms with van der Waals surface area (Å²) in [5.41, 5.74) is 10.4. The first-order valence-electron chi connectivity index (χ1n) is 4.98. The molecule has 0 aromatic rings. The molecule has 0 bridgehead atoms. The molecular formula is C10H18N2O3. The number of aldehydes is 2. The molecule has 15 heavy (non-hydrogen) atoms. The Morgan fingerprint density at radius 1 is 1.07 bits per heavy atom. The van der Waals surface area contributed by atoms with Crippen molar-refractivity contribution in [2.45, 2.75) is 44.1 Å². The molecule has 0 fully saturated rings. The van der Waals surface area contributed by atoms with Crippen LogP contribution in [0, 0.1) is 0 Å². The van der Waals surface area contributed by atoms with Crippen LogP contribution in [0.3, 0.4) is 0 Å². The van der Waals surface area contributed by atoms with E-state index in [4.69, 9.17) is 11.5 Å². The van der Waals surface area contributed by atoms with E-state index in [-0.39, 0.29) is 6.42 Å². The fourth-order valence-electron chi connectivity index (χ4n) is 1.44. The van der Waals surface area contributed by atoms with Crippen molar-refractivity contribution in [3.8, 4) is 0 Å². The SMILES string of the molecule is NC(=O)CCC(N)(CCC=O)CCC=O. The van der Waals surface area contributed by atoms with Crippen LogP contribution in [0.15, 0.2) is 0 Å². The van der Waals surface area contributed by atoms with Gasteiger partial charge in [-0.25, -0.2) is 0 Å². The highest BCUT2D eigenvalue weighted by Gasteiger charge is 2.24. The monoisotopic (exact) mass is 214 g/mol. The van der Waals surface area contributed by atoms with Crippen LogP contribution in [-0.2, 0) is 14.4 Å². The smallest absolute Gasteiger partial charge is 0.217 e. The quantitative estimate of drug-likeness (QED) is 0.523. The van der Waals surface area contributed by atoms with Crippen LogP contribution in [-0.4, -0.2) is 24.0 Å². The number of hydrogen-bond acceptors (Lipinski definition) is 4. The van der Waals surface area contributed by atoms with Gasteiger partial charge in [0.15, 0.2) is 0 Å². The van der Waals surface area contributed by atoms with E-state index in [0.717, 1.165) is 12.6 Å². The third kappa shape index (κ3) is 6.79. The van der Waals surface area contributed by atoms with Crippen molar-refractivity contribution in [2.75, 3.05) is 0 Å². The normalized spacial score (nSPS) is 11.0. The predicted molar refractivity (Wildman–Crippen MR) is 55.9 cm³/mol. The Balaban J connectivity index is 4.17. The molecule has 5 heteroatoms. The third-order valence-corrected chi connectivity index (χ3v) is 2.39. The maximum absolute atomic E-state index is 10.6. The molecule has 0 unspecified atom stereocenters. The Morgan fingerprint density at radius 2 is 1.53 bits per heavy atom. The van der Waals surface area contributed by atoms with E-state index >= 15 is 0 Å². The first-order chi connectivity index (χ1) is 7.04. The molecule has 4 N–H and O–H groups in total. The molecule has 86 valence electrons. The molecule has 0 rings (SSSR count). The first kappa shape index (κ1) is 13.8. The predicted octanol–water partition coefficient (Wildman–Crippen LogP) is -0.0924. The van der Waals surface area contributed by atoms with Gasteiger partial charge in [-0.2, -0.15) is 0 Å². The molecule has 0 atom stereocenters. The van der Waals surface area contributed by atoms with Crippen LogP contribution < -0.4 is 11.5 Å². The standard InChI is InChI=1S/C10H18N2O3/c11-9(15)3-6-10(12,4-1-7-13)5-2-8-14/h7-8H,1-6,12H2,(H2,11,15). The van der Waals surface area contributed by atoms with Crippen molar-refractivity contribution in [1.82, 2.24) is 0 Å². The van der Waals surface area contributed by atoms with Gasteiger partial charge in [0.05, 0.1) is 0 Å². The summed E-state index contributed by atoms with van der Waals surface area (Å²) in [4.78, 5) is 31.1. The minimum atomic E-state index is -0.628. The molecule has 0 saturated carbocycles. The van der Waals surface area contributed by atoms with Crippen molar-refractivity contribution in [3.05, 3.63) is 0 Å². The second-order valence-corrected chi connectivity index (χ2v) is 3.74. The van der Waals surface area contributed by atoms with Crippen LogP contribution in [0.5, 0.6) is 0 Å². The summed E-state index contributed by atoms with van der Waals surface area (Å²) < 4.78 is 0. The van der Waals surface area contributed by atoms with E-state index in [9.17, 15) is 14.4 Å². The van der Waals surface area contributed by atoms with E-state index < -0.39 is 11.4 Å². The molecule has 0 aliphatic rings. The van der Waals surface area contributed by atoms with E-state index in [1.54, 1.807) is 0 Å². The zero-order valence-corrected chi connectivity index (χ0v) is 8.78. The lowest BCUT2D eigenvalue weighted by molar-refractivity contribution is -0.118.